The summed E-state index contributed by atoms with van der Waals surface area (Å²) in [6.45, 7) is 2.05. The highest BCUT2D eigenvalue weighted by atomic mass is 16.3. The van der Waals surface area contributed by atoms with Gasteiger partial charge in [0.05, 0.1) is 6.10 Å². The number of aliphatic hydroxyl groups excluding tert-OH is 1. The average Bonchev–Trinajstić information content (AvgIpc) is 2.58. The molecule has 1 aromatic carbocycles. The molecule has 74 valence electrons. The minimum atomic E-state index is -0.0793. The topological polar surface area (TPSA) is 23.5 Å². The van der Waals surface area contributed by atoms with Gasteiger partial charge >= 0.3 is 0 Å². The number of fused-ring (bicyclic) bond motifs is 1. The van der Waals surface area contributed by atoms with E-state index in [0.29, 0.717) is 6.04 Å². The fourth-order valence-corrected chi connectivity index (χ4v) is 2.48. The quantitative estimate of drug-likeness (QED) is 0.724. The molecule has 1 saturated carbocycles. The van der Waals surface area contributed by atoms with Crippen molar-refractivity contribution in [1.29, 1.82) is 0 Å². The zero-order chi connectivity index (χ0) is 9.54. The van der Waals surface area contributed by atoms with Crippen molar-refractivity contribution in [2.45, 2.75) is 38.1 Å². The Morgan fingerprint density at radius 3 is 2.14 bits per heavy atom. The number of hydrogen-bond acceptors (Lipinski definition) is 2. The van der Waals surface area contributed by atoms with Crippen molar-refractivity contribution in [3.63, 3.8) is 0 Å². The Kier molecular flexibility index (Phi) is 1.85. The van der Waals surface area contributed by atoms with Crippen LogP contribution >= 0.6 is 0 Å². The van der Waals surface area contributed by atoms with Gasteiger partial charge in [-0.25, -0.2) is 0 Å². The zero-order valence-electron chi connectivity index (χ0n) is 8.19. The van der Waals surface area contributed by atoms with Gasteiger partial charge in [0.2, 0.25) is 0 Å². The normalized spacial score (nSPS) is 31.2. The molecule has 1 aliphatic carbocycles. The van der Waals surface area contributed by atoms with Crippen LogP contribution in [0.1, 0.15) is 24.0 Å². The molecule has 14 heavy (non-hydrogen) atoms. The van der Waals surface area contributed by atoms with Crippen LogP contribution in [0.2, 0.25) is 0 Å². The van der Waals surface area contributed by atoms with Crippen LogP contribution in [0.25, 0.3) is 0 Å². The van der Waals surface area contributed by atoms with E-state index in [1.807, 2.05) is 0 Å². The molecule has 0 spiro atoms. The number of nitrogens with zero attached hydrogens (tertiary/aromatic N) is 1. The van der Waals surface area contributed by atoms with E-state index in [9.17, 15) is 5.11 Å². The molecule has 0 saturated heterocycles. The van der Waals surface area contributed by atoms with Crippen molar-refractivity contribution < 1.29 is 5.11 Å². The molecule has 2 atom stereocenters. The lowest BCUT2D eigenvalue weighted by Crippen LogP contribution is -2.48. The maximum atomic E-state index is 9.61. The summed E-state index contributed by atoms with van der Waals surface area (Å²) in [6.07, 6.45) is 2.07. The lowest BCUT2D eigenvalue weighted by molar-refractivity contribution is -0.0233. The number of hydrogen-bond donors (Lipinski definition) is 1. The van der Waals surface area contributed by atoms with Gasteiger partial charge in [-0.2, -0.15) is 0 Å². The largest absolute Gasteiger partial charge is 0.391 e. The van der Waals surface area contributed by atoms with Crippen LogP contribution in [0.3, 0.4) is 0 Å². The Hall–Kier alpha value is -0.860. The molecule has 2 aliphatic rings. The molecule has 1 heterocycles. The van der Waals surface area contributed by atoms with E-state index in [-0.39, 0.29) is 6.10 Å². The molecule has 2 nitrogen and oxygen atoms in total. The van der Waals surface area contributed by atoms with Gasteiger partial charge in [-0.3, -0.25) is 4.90 Å². The minimum absolute atomic E-state index is 0.0793. The first-order valence-electron chi connectivity index (χ1n) is 5.33. The van der Waals surface area contributed by atoms with Crippen LogP contribution < -0.4 is 0 Å². The van der Waals surface area contributed by atoms with Crippen LogP contribution in [0, 0.1) is 0 Å². The first-order valence-corrected chi connectivity index (χ1v) is 5.33. The Balaban J connectivity index is 1.78. The van der Waals surface area contributed by atoms with Crippen molar-refractivity contribution in [2.75, 3.05) is 0 Å². The molecule has 3 rings (SSSR count). The Bertz CT molecular complexity index is 325. The molecule has 1 N–H and O–H groups in total. The van der Waals surface area contributed by atoms with Crippen molar-refractivity contribution in [3.8, 4) is 0 Å². The molecule has 0 bridgehead atoms. The second-order valence-corrected chi connectivity index (χ2v) is 4.39. The Morgan fingerprint density at radius 2 is 1.71 bits per heavy atom. The smallest absolute Gasteiger partial charge is 0.0696 e. The van der Waals surface area contributed by atoms with Crippen molar-refractivity contribution >= 4 is 0 Å². The van der Waals surface area contributed by atoms with E-state index in [2.05, 4.69) is 29.2 Å². The maximum Gasteiger partial charge on any atom is 0.0696 e. The summed E-state index contributed by atoms with van der Waals surface area (Å²) in [5.74, 6) is 0. The second-order valence-electron chi connectivity index (χ2n) is 4.39. The van der Waals surface area contributed by atoms with Gasteiger partial charge in [-0.15, -0.1) is 0 Å². The fraction of sp³-hybridized carbons (Fsp3) is 0.500. The van der Waals surface area contributed by atoms with Gasteiger partial charge in [0, 0.05) is 19.1 Å². The van der Waals surface area contributed by atoms with Crippen LogP contribution in [0.5, 0.6) is 0 Å². The monoisotopic (exact) mass is 189 g/mol. The third kappa shape index (κ3) is 1.18. The molecule has 1 fully saturated rings. The molecular weight excluding hydrogens is 174 g/mol. The highest BCUT2D eigenvalue weighted by molar-refractivity contribution is 5.30. The lowest BCUT2D eigenvalue weighted by Gasteiger charge is -2.39. The van der Waals surface area contributed by atoms with Gasteiger partial charge in [-0.05, 0) is 24.0 Å². The van der Waals surface area contributed by atoms with Crippen LogP contribution in [0.15, 0.2) is 24.3 Å². The highest BCUT2D eigenvalue weighted by Crippen LogP contribution is 2.32. The summed E-state index contributed by atoms with van der Waals surface area (Å²) in [7, 11) is 0. The van der Waals surface area contributed by atoms with Gasteiger partial charge in [0.25, 0.3) is 0 Å². The first kappa shape index (κ1) is 8.45. The summed E-state index contributed by atoms with van der Waals surface area (Å²) < 4.78 is 0. The summed E-state index contributed by atoms with van der Waals surface area (Å²) in [6, 6.07) is 9.00. The number of aliphatic hydroxyl groups is 1. The highest BCUT2D eigenvalue weighted by Gasteiger charge is 2.36. The summed E-state index contributed by atoms with van der Waals surface area (Å²) in [5.41, 5.74) is 2.87. The average molecular weight is 189 g/mol. The van der Waals surface area contributed by atoms with E-state index in [1.54, 1.807) is 0 Å². The zero-order valence-corrected chi connectivity index (χ0v) is 8.19. The first-order chi connectivity index (χ1) is 6.84. The van der Waals surface area contributed by atoms with Crippen LogP contribution in [-0.2, 0) is 13.1 Å². The number of benzene rings is 1. The van der Waals surface area contributed by atoms with E-state index >= 15 is 0 Å². The molecule has 0 amide bonds. The van der Waals surface area contributed by atoms with Gasteiger partial charge < -0.3 is 5.11 Å². The van der Waals surface area contributed by atoms with Crippen molar-refractivity contribution in [3.05, 3.63) is 35.4 Å². The van der Waals surface area contributed by atoms with Gasteiger partial charge in [0.15, 0.2) is 0 Å². The summed E-state index contributed by atoms with van der Waals surface area (Å²) in [4.78, 5) is 2.40. The molecule has 2 heteroatoms. The standard InChI is InChI=1S/C12H15NO/c14-12-6-5-11(12)13-7-9-3-1-2-4-10(9)8-13/h1-4,11-12,14H,5-8H2. The predicted octanol–water partition coefficient (Wildman–Crippen LogP) is 1.53. The SMILES string of the molecule is OC1CCC1N1Cc2ccccc2C1. The Morgan fingerprint density at radius 1 is 1.07 bits per heavy atom. The van der Waals surface area contributed by atoms with Gasteiger partial charge in [0.1, 0.15) is 0 Å². The number of rotatable bonds is 1. The third-order valence-corrected chi connectivity index (χ3v) is 3.54. The maximum absolute atomic E-state index is 9.61. The Labute approximate surface area is 84.2 Å². The second kappa shape index (κ2) is 3.07. The van der Waals surface area contributed by atoms with E-state index in [0.717, 1.165) is 25.9 Å². The van der Waals surface area contributed by atoms with Gasteiger partial charge in [-0.1, -0.05) is 24.3 Å². The van der Waals surface area contributed by atoms with Crippen LogP contribution in [0.4, 0.5) is 0 Å². The van der Waals surface area contributed by atoms with Crippen molar-refractivity contribution in [2.24, 2.45) is 0 Å². The third-order valence-electron chi connectivity index (χ3n) is 3.54. The van der Waals surface area contributed by atoms with E-state index in [4.69, 9.17) is 0 Å². The fourth-order valence-electron chi connectivity index (χ4n) is 2.48. The minimum Gasteiger partial charge on any atom is -0.391 e. The van der Waals surface area contributed by atoms with Crippen LogP contribution in [-0.4, -0.2) is 22.2 Å². The molecule has 2 unspecified atom stereocenters. The molecule has 0 aromatic heterocycles. The van der Waals surface area contributed by atoms with E-state index in [1.165, 1.54) is 11.1 Å². The molecule has 1 aliphatic heterocycles. The molecule has 0 radical (unpaired) electrons. The molecule has 1 aromatic rings. The van der Waals surface area contributed by atoms with Crippen molar-refractivity contribution in [1.82, 2.24) is 4.90 Å². The lowest BCUT2D eigenvalue weighted by atomic mass is 9.88. The van der Waals surface area contributed by atoms with E-state index < -0.39 is 0 Å². The summed E-state index contributed by atoms with van der Waals surface area (Å²) in [5, 5.41) is 9.61. The summed E-state index contributed by atoms with van der Waals surface area (Å²) >= 11 is 0. The predicted molar refractivity (Wildman–Crippen MR) is 54.7 cm³/mol. The molecular formula is C12H15NO.